The van der Waals surface area contributed by atoms with Gasteiger partial charge in [-0.3, -0.25) is 14.8 Å². The van der Waals surface area contributed by atoms with Gasteiger partial charge in [-0.05, 0) is 55.7 Å². The second-order valence-corrected chi connectivity index (χ2v) is 8.07. The Morgan fingerprint density at radius 2 is 2.04 bits per heavy atom. The average Bonchev–Trinajstić information content (AvgIpc) is 3.23. The summed E-state index contributed by atoms with van der Waals surface area (Å²) in [5.74, 6) is 0.737. The van der Waals surface area contributed by atoms with Crippen LogP contribution in [0.3, 0.4) is 0 Å². The molecule has 4 rings (SSSR count). The highest BCUT2D eigenvalue weighted by Gasteiger charge is 2.26. The van der Waals surface area contributed by atoms with E-state index in [9.17, 15) is 4.79 Å². The van der Waals surface area contributed by atoms with Gasteiger partial charge in [0.25, 0.3) is 0 Å². The fourth-order valence-corrected chi connectivity index (χ4v) is 4.46. The minimum atomic E-state index is 0.189. The molecule has 1 saturated heterocycles. The minimum Gasteiger partial charge on any atom is -0.339 e. The van der Waals surface area contributed by atoms with Gasteiger partial charge in [0.05, 0.1) is 18.8 Å². The maximum atomic E-state index is 12.8. The number of aromatic nitrogens is 2. The number of aryl methyl sites for hydroxylation is 1. The largest absolute Gasteiger partial charge is 0.339 e. The molecule has 1 aromatic carbocycles. The van der Waals surface area contributed by atoms with Crippen molar-refractivity contribution in [2.75, 3.05) is 26.7 Å². The molecule has 1 aliphatic heterocycles. The van der Waals surface area contributed by atoms with E-state index >= 15 is 0 Å². The number of nitrogens with one attached hydrogen (secondary N) is 1. The molecule has 2 heterocycles. The Morgan fingerprint density at radius 1 is 1.22 bits per heavy atom. The number of likely N-dealkylation sites (tertiary alicyclic amines) is 1. The highest BCUT2D eigenvalue weighted by Crippen LogP contribution is 2.27. The van der Waals surface area contributed by atoms with Gasteiger partial charge in [0, 0.05) is 19.3 Å². The third-order valence-electron chi connectivity index (χ3n) is 6.11. The van der Waals surface area contributed by atoms with Gasteiger partial charge in [-0.2, -0.15) is 5.10 Å². The first-order chi connectivity index (χ1) is 13.2. The molecule has 0 spiro atoms. The second-order valence-electron chi connectivity index (χ2n) is 8.07. The molecule has 0 saturated carbocycles. The molecule has 1 fully saturated rings. The number of amides is 1. The summed E-state index contributed by atoms with van der Waals surface area (Å²) in [6.07, 6.45) is 7.07. The number of likely N-dealkylation sites (N-methyl/N-ethyl adjacent to an activating group) is 1. The first-order valence-electron chi connectivity index (χ1n) is 10.3. The van der Waals surface area contributed by atoms with Gasteiger partial charge in [0.1, 0.15) is 0 Å². The van der Waals surface area contributed by atoms with E-state index in [-0.39, 0.29) is 5.91 Å². The van der Waals surface area contributed by atoms with Crippen molar-refractivity contribution in [3.05, 3.63) is 52.8 Å². The molecule has 1 aromatic heterocycles. The van der Waals surface area contributed by atoms with E-state index in [1.54, 1.807) is 0 Å². The topological polar surface area (TPSA) is 52.2 Å². The van der Waals surface area contributed by atoms with Gasteiger partial charge >= 0.3 is 0 Å². The fraction of sp³-hybridized carbons (Fsp3) is 0.545. The van der Waals surface area contributed by atoms with Crippen LogP contribution < -0.4 is 0 Å². The van der Waals surface area contributed by atoms with Crippen molar-refractivity contribution in [1.82, 2.24) is 20.0 Å². The highest BCUT2D eigenvalue weighted by atomic mass is 16.2. The van der Waals surface area contributed by atoms with Crippen LogP contribution in [0.5, 0.6) is 0 Å². The third-order valence-corrected chi connectivity index (χ3v) is 6.11. The molecule has 1 amide bonds. The Balaban J connectivity index is 1.32. The van der Waals surface area contributed by atoms with Crippen molar-refractivity contribution in [3.63, 3.8) is 0 Å². The lowest BCUT2D eigenvalue weighted by molar-refractivity contribution is -0.131. The number of carbonyl (C=O) groups is 1. The van der Waals surface area contributed by atoms with Crippen molar-refractivity contribution < 1.29 is 4.79 Å². The Morgan fingerprint density at radius 3 is 2.89 bits per heavy atom. The quantitative estimate of drug-likeness (QED) is 0.827. The SMILES string of the molecule is CN(Cc1n[nH]c2c1CCCCC2)C(=O)CN1CC[C@@H](c2ccccc2)C1. The van der Waals surface area contributed by atoms with Crippen LogP contribution in [0, 0.1) is 0 Å². The average molecular weight is 367 g/mol. The zero-order chi connectivity index (χ0) is 18.6. The first-order valence-corrected chi connectivity index (χ1v) is 10.3. The van der Waals surface area contributed by atoms with E-state index < -0.39 is 0 Å². The predicted molar refractivity (Wildman–Crippen MR) is 107 cm³/mol. The zero-order valence-electron chi connectivity index (χ0n) is 16.3. The number of aromatic amines is 1. The van der Waals surface area contributed by atoms with E-state index in [1.807, 2.05) is 11.9 Å². The predicted octanol–water partition coefficient (Wildman–Crippen LogP) is 3.13. The van der Waals surface area contributed by atoms with E-state index in [0.717, 1.165) is 38.0 Å². The standard InChI is InChI=1S/C22H30N4O/c1-25(15-21-19-10-6-3-7-11-20(19)23-24-21)22(27)16-26-13-12-18(14-26)17-8-4-2-5-9-17/h2,4-5,8-9,18H,3,6-7,10-16H2,1H3,(H,23,24)/t18-/m1/s1. The molecule has 27 heavy (non-hydrogen) atoms. The van der Waals surface area contributed by atoms with Gasteiger partial charge in [-0.25, -0.2) is 0 Å². The lowest BCUT2D eigenvalue weighted by Crippen LogP contribution is -2.37. The smallest absolute Gasteiger partial charge is 0.236 e. The van der Waals surface area contributed by atoms with Crippen LogP contribution in [0.1, 0.15) is 54.1 Å². The van der Waals surface area contributed by atoms with Crippen molar-refractivity contribution in [3.8, 4) is 0 Å². The summed E-state index contributed by atoms with van der Waals surface area (Å²) < 4.78 is 0. The maximum absolute atomic E-state index is 12.8. The molecule has 2 aliphatic rings. The Kier molecular flexibility index (Phi) is 5.58. The second kappa shape index (κ2) is 8.26. The summed E-state index contributed by atoms with van der Waals surface area (Å²) in [4.78, 5) is 16.9. The summed E-state index contributed by atoms with van der Waals surface area (Å²) >= 11 is 0. The summed E-state index contributed by atoms with van der Waals surface area (Å²) in [7, 11) is 1.91. The molecule has 0 radical (unpaired) electrons. The van der Waals surface area contributed by atoms with Gasteiger partial charge in [0.2, 0.25) is 5.91 Å². The summed E-state index contributed by atoms with van der Waals surface area (Å²) in [6.45, 7) is 3.09. The summed E-state index contributed by atoms with van der Waals surface area (Å²) in [6, 6.07) is 10.7. The minimum absolute atomic E-state index is 0.189. The number of H-pyrrole nitrogens is 1. The third kappa shape index (κ3) is 4.24. The van der Waals surface area contributed by atoms with Crippen molar-refractivity contribution >= 4 is 5.91 Å². The fourth-order valence-electron chi connectivity index (χ4n) is 4.46. The van der Waals surface area contributed by atoms with Crippen LogP contribution >= 0.6 is 0 Å². The van der Waals surface area contributed by atoms with Gasteiger partial charge in [-0.1, -0.05) is 36.8 Å². The molecule has 5 heteroatoms. The van der Waals surface area contributed by atoms with Crippen LogP contribution in [0.15, 0.2) is 30.3 Å². The van der Waals surface area contributed by atoms with Crippen molar-refractivity contribution in [2.45, 2.75) is 51.0 Å². The van der Waals surface area contributed by atoms with E-state index in [2.05, 4.69) is 45.4 Å². The number of nitrogens with zero attached hydrogens (tertiary/aromatic N) is 3. The van der Waals surface area contributed by atoms with E-state index in [1.165, 1.54) is 36.1 Å². The van der Waals surface area contributed by atoms with E-state index in [0.29, 0.717) is 19.0 Å². The molecular weight excluding hydrogens is 336 g/mol. The number of rotatable bonds is 5. The molecule has 1 atom stereocenters. The lowest BCUT2D eigenvalue weighted by Gasteiger charge is -2.21. The monoisotopic (exact) mass is 366 g/mol. The van der Waals surface area contributed by atoms with E-state index in [4.69, 9.17) is 0 Å². The Hall–Kier alpha value is -2.14. The van der Waals surface area contributed by atoms with Crippen molar-refractivity contribution in [1.29, 1.82) is 0 Å². The number of carbonyl (C=O) groups excluding carboxylic acids is 1. The zero-order valence-corrected chi connectivity index (χ0v) is 16.3. The normalized spacial score (nSPS) is 20.3. The molecule has 1 N–H and O–H groups in total. The molecule has 0 bridgehead atoms. The summed E-state index contributed by atoms with van der Waals surface area (Å²) in [5.41, 5.74) is 5.09. The number of hydrogen-bond donors (Lipinski definition) is 1. The van der Waals surface area contributed by atoms with Crippen LogP contribution in [-0.4, -0.2) is 52.6 Å². The van der Waals surface area contributed by atoms with Crippen LogP contribution in [0.2, 0.25) is 0 Å². The van der Waals surface area contributed by atoms with Crippen molar-refractivity contribution in [2.24, 2.45) is 0 Å². The molecule has 1 aliphatic carbocycles. The highest BCUT2D eigenvalue weighted by molar-refractivity contribution is 5.78. The summed E-state index contributed by atoms with van der Waals surface area (Å²) in [5, 5.41) is 7.72. The Labute approximate surface area is 161 Å². The van der Waals surface area contributed by atoms with Crippen LogP contribution in [0.25, 0.3) is 0 Å². The number of hydrogen-bond acceptors (Lipinski definition) is 3. The van der Waals surface area contributed by atoms with Gasteiger partial charge < -0.3 is 4.90 Å². The number of fused-ring (bicyclic) bond motifs is 1. The maximum Gasteiger partial charge on any atom is 0.236 e. The molecule has 0 unspecified atom stereocenters. The van der Waals surface area contributed by atoms with Gasteiger partial charge in [-0.15, -0.1) is 0 Å². The Bertz CT molecular complexity index is 770. The van der Waals surface area contributed by atoms with Gasteiger partial charge in [0.15, 0.2) is 0 Å². The molecule has 2 aromatic rings. The molecule has 144 valence electrons. The first kappa shape index (κ1) is 18.2. The molecular formula is C22H30N4O. The molecule has 5 nitrogen and oxygen atoms in total. The van der Waals surface area contributed by atoms with Crippen LogP contribution in [-0.2, 0) is 24.2 Å². The van der Waals surface area contributed by atoms with Crippen LogP contribution in [0.4, 0.5) is 0 Å². The lowest BCUT2D eigenvalue weighted by atomic mass is 9.99. The number of benzene rings is 1.